The molecular weight excluding hydrogens is 555 g/mol. The zero-order valence-corrected chi connectivity index (χ0v) is 25.7. The normalized spacial score (nSPS) is 19.5. The Labute approximate surface area is 253 Å². The third kappa shape index (κ3) is 6.40. The van der Waals surface area contributed by atoms with Crippen LogP contribution in [-0.2, 0) is 10.3 Å². The van der Waals surface area contributed by atoms with Crippen LogP contribution in [-0.4, -0.2) is 63.4 Å². The van der Waals surface area contributed by atoms with Gasteiger partial charge in [-0.15, -0.1) is 0 Å². The van der Waals surface area contributed by atoms with Crippen LogP contribution in [0.15, 0.2) is 65.8 Å². The number of carbonyl (C=O) groups is 1. The molecule has 216 valence electrons. The van der Waals surface area contributed by atoms with Gasteiger partial charge in [0.25, 0.3) is 5.91 Å². The lowest BCUT2D eigenvalue weighted by atomic mass is 9.81. The van der Waals surface area contributed by atoms with E-state index in [0.29, 0.717) is 15.6 Å². The van der Waals surface area contributed by atoms with Gasteiger partial charge in [-0.3, -0.25) is 4.79 Å². The van der Waals surface area contributed by atoms with Gasteiger partial charge >= 0.3 is 0 Å². The molecular formula is C33H38Cl2N4O2. The summed E-state index contributed by atoms with van der Waals surface area (Å²) in [5, 5.41) is 8.48. The topological polar surface area (TPSA) is 57.2 Å². The Morgan fingerprint density at radius 3 is 2.54 bits per heavy atom. The second-order valence-electron chi connectivity index (χ2n) is 11.5. The second-order valence-corrected chi connectivity index (χ2v) is 12.3. The fourth-order valence-electron chi connectivity index (χ4n) is 6.66. The number of rotatable bonds is 9. The molecule has 0 bridgehead atoms. The minimum atomic E-state index is -0.140. The Hall–Kier alpha value is -3.06. The fourth-order valence-corrected chi connectivity index (χ4v) is 6.97. The lowest BCUT2D eigenvalue weighted by Gasteiger charge is -2.27. The van der Waals surface area contributed by atoms with Crippen LogP contribution in [0.1, 0.15) is 51.4 Å². The van der Waals surface area contributed by atoms with Gasteiger partial charge in [0.2, 0.25) is 0 Å². The Balaban J connectivity index is 1.34. The van der Waals surface area contributed by atoms with Crippen molar-refractivity contribution in [1.82, 2.24) is 10.2 Å². The summed E-state index contributed by atoms with van der Waals surface area (Å²) in [6.07, 6.45) is 1.93. The molecule has 2 unspecified atom stereocenters. The van der Waals surface area contributed by atoms with Crippen molar-refractivity contribution >= 4 is 40.5 Å². The molecule has 1 spiro atoms. The SMILES string of the molecule is CO/N=C(\CNC(=O)c1cc(C)cc(C)c1)C(CCN1CCC2(C1)CN(C)c1ccccc12)c1ccc(Cl)c(Cl)c1. The number of carbonyl (C=O) groups excluding carboxylic acids is 1. The van der Waals surface area contributed by atoms with Crippen LogP contribution in [0.4, 0.5) is 5.69 Å². The van der Waals surface area contributed by atoms with E-state index in [0.717, 1.165) is 61.4 Å². The molecule has 1 amide bonds. The molecule has 2 aliphatic heterocycles. The van der Waals surface area contributed by atoms with Gasteiger partial charge in [0.05, 0.1) is 22.3 Å². The van der Waals surface area contributed by atoms with E-state index in [2.05, 4.69) is 57.7 Å². The number of fused-ring (bicyclic) bond motifs is 2. The largest absolute Gasteiger partial charge is 0.399 e. The number of hydrogen-bond donors (Lipinski definition) is 1. The molecule has 0 radical (unpaired) electrons. The van der Waals surface area contributed by atoms with E-state index in [-0.39, 0.29) is 23.8 Å². The van der Waals surface area contributed by atoms with Crippen LogP contribution in [0.2, 0.25) is 10.0 Å². The van der Waals surface area contributed by atoms with Crippen LogP contribution >= 0.6 is 23.2 Å². The summed E-state index contributed by atoms with van der Waals surface area (Å²) in [7, 11) is 3.73. The summed E-state index contributed by atoms with van der Waals surface area (Å²) in [6.45, 7) is 8.22. The number of para-hydroxylation sites is 1. The average Bonchev–Trinajstić information content (AvgIpc) is 3.48. The number of nitrogens with one attached hydrogen (secondary N) is 1. The molecule has 1 fully saturated rings. The molecule has 2 heterocycles. The average molecular weight is 594 g/mol. The van der Waals surface area contributed by atoms with E-state index in [1.54, 1.807) is 0 Å². The fraction of sp³-hybridized carbons (Fsp3) is 0.394. The van der Waals surface area contributed by atoms with Gasteiger partial charge in [0.1, 0.15) is 7.11 Å². The highest BCUT2D eigenvalue weighted by Gasteiger charge is 2.46. The van der Waals surface area contributed by atoms with Crippen molar-refractivity contribution in [2.24, 2.45) is 5.16 Å². The van der Waals surface area contributed by atoms with E-state index in [9.17, 15) is 4.79 Å². The number of aryl methyl sites for hydroxylation is 2. The minimum absolute atomic E-state index is 0.112. The summed E-state index contributed by atoms with van der Waals surface area (Å²) in [5.41, 5.74) is 7.43. The number of oxime groups is 1. The first-order valence-corrected chi connectivity index (χ1v) is 14.9. The number of hydrogen-bond acceptors (Lipinski definition) is 5. The van der Waals surface area contributed by atoms with Gasteiger partial charge < -0.3 is 20.0 Å². The highest BCUT2D eigenvalue weighted by atomic mass is 35.5. The number of nitrogens with zero attached hydrogens (tertiary/aromatic N) is 3. The first-order chi connectivity index (χ1) is 19.7. The zero-order valence-electron chi connectivity index (χ0n) is 24.2. The molecule has 3 aromatic carbocycles. The van der Waals surface area contributed by atoms with E-state index in [1.165, 1.54) is 18.4 Å². The Morgan fingerprint density at radius 2 is 1.80 bits per heavy atom. The smallest absolute Gasteiger partial charge is 0.251 e. The summed E-state index contributed by atoms with van der Waals surface area (Å²) in [5.74, 6) is -0.252. The molecule has 0 aliphatic carbocycles. The first-order valence-electron chi connectivity index (χ1n) is 14.1. The maximum atomic E-state index is 13.1. The maximum absolute atomic E-state index is 13.1. The Morgan fingerprint density at radius 1 is 1.05 bits per heavy atom. The van der Waals surface area contributed by atoms with Crippen molar-refractivity contribution in [3.05, 3.63) is 98.5 Å². The predicted molar refractivity (Wildman–Crippen MR) is 169 cm³/mol. The van der Waals surface area contributed by atoms with Gasteiger partial charge in [-0.05, 0) is 81.2 Å². The third-order valence-corrected chi connectivity index (χ3v) is 9.20. The van der Waals surface area contributed by atoms with Crippen molar-refractivity contribution in [3.8, 4) is 0 Å². The van der Waals surface area contributed by atoms with E-state index in [4.69, 9.17) is 28.0 Å². The van der Waals surface area contributed by atoms with E-state index < -0.39 is 0 Å². The lowest BCUT2D eigenvalue weighted by molar-refractivity contribution is 0.0958. The number of benzene rings is 3. The minimum Gasteiger partial charge on any atom is -0.399 e. The highest BCUT2D eigenvalue weighted by molar-refractivity contribution is 6.42. The van der Waals surface area contributed by atoms with Crippen LogP contribution in [0.25, 0.3) is 0 Å². The zero-order chi connectivity index (χ0) is 29.1. The summed E-state index contributed by atoms with van der Waals surface area (Å²) < 4.78 is 0. The van der Waals surface area contributed by atoms with Crippen molar-refractivity contribution in [2.45, 2.75) is 38.0 Å². The molecule has 1 saturated heterocycles. The number of amides is 1. The molecule has 8 heteroatoms. The number of anilines is 1. The van der Waals surface area contributed by atoms with Crippen molar-refractivity contribution in [3.63, 3.8) is 0 Å². The van der Waals surface area contributed by atoms with Crippen LogP contribution in [0.3, 0.4) is 0 Å². The maximum Gasteiger partial charge on any atom is 0.251 e. The highest BCUT2D eigenvalue weighted by Crippen LogP contribution is 2.45. The standard InChI is InChI=1S/C33H38Cl2N4O2/c1-22-15-23(2)17-25(16-22)32(40)36-19-30(37-41-4)26(24-9-10-28(34)29(35)18-24)11-13-39-14-12-33(21-39)20-38(3)31-8-6-5-7-27(31)33/h5-10,15-18,26H,11-14,19-21H2,1-4H3,(H,36,40)/b37-30+. The van der Waals surface area contributed by atoms with E-state index >= 15 is 0 Å². The van der Waals surface area contributed by atoms with E-state index in [1.807, 2.05) is 44.2 Å². The summed E-state index contributed by atoms with van der Waals surface area (Å²) >= 11 is 12.7. The molecule has 41 heavy (non-hydrogen) atoms. The predicted octanol–water partition coefficient (Wildman–Crippen LogP) is 6.61. The Kier molecular flexibility index (Phi) is 8.93. The van der Waals surface area contributed by atoms with Crippen LogP contribution in [0, 0.1) is 13.8 Å². The monoisotopic (exact) mass is 592 g/mol. The molecule has 3 aromatic rings. The second kappa shape index (κ2) is 12.4. The quantitative estimate of drug-likeness (QED) is 0.224. The molecule has 0 saturated carbocycles. The summed E-state index contributed by atoms with van der Waals surface area (Å²) in [4.78, 5) is 23.3. The van der Waals surface area contributed by atoms with Gasteiger partial charge in [-0.2, -0.15) is 0 Å². The Bertz CT molecular complexity index is 1440. The van der Waals surface area contributed by atoms with Gasteiger partial charge in [0, 0.05) is 42.7 Å². The lowest BCUT2D eigenvalue weighted by Crippen LogP contribution is -2.36. The third-order valence-electron chi connectivity index (χ3n) is 8.46. The first kappa shape index (κ1) is 29.4. The van der Waals surface area contributed by atoms with Gasteiger partial charge in [-0.25, -0.2) is 0 Å². The number of likely N-dealkylation sites (tertiary alicyclic amines) is 1. The number of likely N-dealkylation sites (N-methyl/N-ethyl adjacent to an activating group) is 1. The molecule has 2 aliphatic rings. The van der Waals surface area contributed by atoms with Gasteiger partial charge in [-0.1, -0.05) is 69.8 Å². The van der Waals surface area contributed by atoms with Crippen molar-refractivity contribution < 1.29 is 9.63 Å². The molecule has 6 nitrogen and oxygen atoms in total. The summed E-state index contributed by atoms with van der Waals surface area (Å²) in [6, 6.07) is 20.4. The van der Waals surface area contributed by atoms with Crippen LogP contribution < -0.4 is 10.2 Å². The van der Waals surface area contributed by atoms with Gasteiger partial charge in [0.15, 0.2) is 0 Å². The molecule has 5 rings (SSSR count). The molecule has 0 aromatic heterocycles. The van der Waals surface area contributed by atoms with Crippen molar-refractivity contribution in [1.29, 1.82) is 0 Å². The number of halogens is 2. The molecule has 1 N–H and O–H groups in total. The van der Waals surface area contributed by atoms with Crippen LogP contribution in [0.5, 0.6) is 0 Å². The molecule has 2 atom stereocenters. The van der Waals surface area contributed by atoms with Crippen molar-refractivity contribution in [2.75, 3.05) is 51.8 Å².